The predicted octanol–water partition coefficient (Wildman–Crippen LogP) is 11.1. The maximum atomic E-state index is 6.65. The average Bonchev–Trinajstić information content (AvgIpc) is 3.92. The second-order valence-electron chi connectivity index (χ2n) is 15.7. The molecule has 0 unspecified atom stereocenters. The minimum Gasteiger partial charge on any atom is -0.455 e. The summed E-state index contributed by atoms with van der Waals surface area (Å²) >= 11 is 0. The summed E-state index contributed by atoms with van der Waals surface area (Å²) in [6.45, 7) is 4.83. The van der Waals surface area contributed by atoms with E-state index in [9.17, 15) is 0 Å². The van der Waals surface area contributed by atoms with Gasteiger partial charge >= 0.3 is 0 Å². The molecule has 0 spiro atoms. The fourth-order valence-electron chi connectivity index (χ4n) is 9.10. The van der Waals surface area contributed by atoms with Crippen LogP contribution in [0.4, 0.5) is 0 Å². The number of benzene rings is 7. The van der Waals surface area contributed by atoms with E-state index >= 15 is 0 Å². The molecule has 7 aromatic carbocycles. The number of hydrogen-bond acceptors (Lipinski definition) is 6. The number of rotatable bonds is 5. The third kappa shape index (κ3) is 5.09. The zero-order chi connectivity index (χ0) is 39.2. The molecule has 278 valence electrons. The van der Waals surface area contributed by atoms with Crippen molar-refractivity contribution in [2.75, 3.05) is 0 Å². The largest absolute Gasteiger partial charge is 0.455 e. The molecule has 59 heavy (non-hydrogen) atoms. The van der Waals surface area contributed by atoms with Crippen LogP contribution < -0.4 is 10.4 Å². The summed E-state index contributed by atoms with van der Waals surface area (Å²) in [6.07, 6.45) is 0. The fraction of sp³-hybridized carbons (Fsp3) is 0.0392. The molecule has 0 saturated carbocycles. The van der Waals surface area contributed by atoms with Gasteiger partial charge in [-0.15, -0.1) is 0 Å². The van der Waals surface area contributed by atoms with Gasteiger partial charge in [0, 0.05) is 43.8 Å². The van der Waals surface area contributed by atoms with Crippen molar-refractivity contribution in [3.8, 4) is 62.6 Å². The second kappa shape index (κ2) is 12.7. The van der Waals surface area contributed by atoms with Gasteiger partial charge in [-0.3, -0.25) is 4.57 Å². The first-order valence-corrected chi connectivity index (χ1v) is 22.9. The maximum Gasteiger partial charge on any atom is 0.238 e. The number of para-hydroxylation sites is 3. The Kier molecular flexibility index (Phi) is 7.24. The number of hydrogen-bond donors (Lipinski definition) is 0. The molecule has 5 heterocycles. The van der Waals surface area contributed by atoms with E-state index in [1.807, 2.05) is 72.8 Å². The predicted molar refractivity (Wildman–Crippen MR) is 241 cm³/mol. The van der Waals surface area contributed by atoms with Gasteiger partial charge in [-0.25, -0.2) is 15.0 Å². The summed E-state index contributed by atoms with van der Waals surface area (Å²) in [5.74, 6) is 2.45. The molecule has 8 heteroatoms. The van der Waals surface area contributed by atoms with Gasteiger partial charge in [0.05, 0.1) is 22.4 Å². The first kappa shape index (κ1) is 33.6. The minimum atomic E-state index is -2.22. The van der Waals surface area contributed by atoms with E-state index in [1.165, 1.54) is 15.9 Å². The Morgan fingerprint density at radius 3 is 1.78 bits per heavy atom. The summed E-state index contributed by atoms with van der Waals surface area (Å²) < 4.78 is 8.80. The van der Waals surface area contributed by atoms with Crippen molar-refractivity contribution in [3.63, 3.8) is 0 Å². The standard InChI is InChI=1S/C51H34N6OSi/c1-59(2)43-27-14-11-22-37(43)44-47(59)45(38-24-15-23-36-35-21-10-13-26-42(35)58-46(36)38)53-50(52-44)33-28-29-41-39(30-33)34-20-9-12-25-40(34)57(41)51-55-48(31-16-5-3-6-17-31)54-49(56-51)32-18-7-4-8-19-32/h3-30H,1-2H3. The normalized spacial score (nSPS) is 13.1. The lowest BCUT2D eigenvalue weighted by atomic mass is 10.0. The molecule has 12 rings (SSSR count). The van der Waals surface area contributed by atoms with Crippen LogP contribution >= 0.6 is 0 Å². The highest BCUT2D eigenvalue weighted by Gasteiger charge is 2.42. The first-order valence-electron chi connectivity index (χ1n) is 19.9. The van der Waals surface area contributed by atoms with Gasteiger partial charge in [0.1, 0.15) is 19.2 Å². The van der Waals surface area contributed by atoms with E-state index in [0.717, 1.165) is 77.4 Å². The maximum absolute atomic E-state index is 6.65. The number of fused-ring (bicyclic) bond motifs is 9. The highest BCUT2D eigenvalue weighted by molar-refractivity contribution is 7.04. The van der Waals surface area contributed by atoms with Gasteiger partial charge < -0.3 is 4.42 Å². The second-order valence-corrected chi connectivity index (χ2v) is 20.0. The van der Waals surface area contributed by atoms with Crippen molar-refractivity contribution in [1.82, 2.24) is 29.5 Å². The fourth-order valence-corrected chi connectivity index (χ4v) is 12.3. The summed E-state index contributed by atoms with van der Waals surface area (Å²) in [7, 11) is -2.22. The Morgan fingerprint density at radius 1 is 0.441 bits per heavy atom. The molecule has 0 radical (unpaired) electrons. The molecule has 0 saturated heterocycles. The van der Waals surface area contributed by atoms with E-state index < -0.39 is 8.07 Å². The molecule has 1 aliphatic rings. The van der Waals surface area contributed by atoms with E-state index in [2.05, 4.69) is 115 Å². The molecule has 1 aliphatic heterocycles. The number of aromatic nitrogens is 6. The van der Waals surface area contributed by atoms with Gasteiger partial charge in [0.25, 0.3) is 0 Å². The quantitative estimate of drug-likeness (QED) is 0.162. The molecule has 0 aliphatic carbocycles. The Labute approximate surface area is 340 Å². The highest BCUT2D eigenvalue weighted by atomic mass is 28.3. The van der Waals surface area contributed by atoms with Crippen LogP contribution in [0.5, 0.6) is 0 Å². The third-order valence-electron chi connectivity index (χ3n) is 11.9. The van der Waals surface area contributed by atoms with Crippen molar-refractivity contribution in [2.45, 2.75) is 13.1 Å². The zero-order valence-electron chi connectivity index (χ0n) is 32.3. The van der Waals surface area contributed by atoms with Gasteiger partial charge in [-0.05, 0) is 52.3 Å². The van der Waals surface area contributed by atoms with Crippen LogP contribution in [0.1, 0.15) is 0 Å². The van der Waals surface area contributed by atoms with E-state index in [0.29, 0.717) is 23.4 Å². The summed E-state index contributed by atoms with van der Waals surface area (Å²) in [5.41, 5.74) is 10.6. The molecule has 0 fully saturated rings. The molecule has 11 aromatic rings. The smallest absolute Gasteiger partial charge is 0.238 e. The Morgan fingerprint density at radius 2 is 1.02 bits per heavy atom. The van der Waals surface area contributed by atoms with E-state index in [1.54, 1.807) is 0 Å². The zero-order valence-corrected chi connectivity index (χ0v) is 33.3. The van der Waals surface area contributed by atoms with Gasteiger partial charge in [0.15, 0.2) is 17.5 Å². The van der Waals surface area contributed by atoms with Crippen LogP contribution in [0.15, 0.2) is 174 Å². The van der Waals surface area contributed by atoms with Crippen molar-refractivity contribution in [2.24, 2.45) is 0 Å². The summed E-state index contributed by atoms with van der Waals surface area (Å²) in [5, 5.41) is 6.94. The Bertz CT molecular complexity index is 3430. The lowest BCUT2D eigenvalue weighted by Gasteiger charge is -2.21. The van der Waals surface area contributed by atoms with Gasteiger partial charge in [-0.1, -0.05) is 147 Å². The molecular weight excluding hydrogens is 741 g/mol. The van der Waals surface area contributed by atoms with Gasteiger partial charge in [-0.2, -0.15) is 9.97 Å². The molecule has 0 amide bonds. The molecule has 0 bridgehead atoms. The van der Waals surface area contributed by atoms with Crippen LogP contribution in [0.3, 0.4) is 0 Å². The number of nitrogens with zero attached hydrogens (tertiary/aromatic N) is 6. The lowest BCUT2D eigenvalue weighted by molar-refractivity contribution is 0.670. The monoisotopic (exact) mass is 774 g/mol. The van der Waals surface area contributed by atoms with Crippen molar-refractivity contribution in [1.29, 1.82) is 0 Å². The highest BCUT2D eigenvalue weighted by Crippen LogP contribution is 2.40. The molecule has 0 atom stereocenters. The van der Waals surface area contributed by atoms with Crippen molar-refractivity contribution in [3.05, 3.63) is 170 Å². The van der Waals surface area contributed by atoms with E-state index in [-0.39, 0.29) is 0 Å². The minimum absolute atomic E-state index is 0.551. The summed E-state index contributed by atoms with van der Waals surface area (Å²) in [4.78, 5) is 26.2. The van der Waals surface area contributed by atoms with Crippen LogP contribution in [0.25, 0.3) is 106 Å². The summed E-state index contributed by atoms with van der Waals surface area (Å²) in [6, 6.07) is 58.6. The van der Waals surface area contributed by atoms with Crippen molar-refractivity contribution >= 4 is 62.2 Å². The molecular formula is C51H34N6OSi. The van der Waals surface area contributed by atoms with Crippen LogP contribution in [-0.2, 0) is 0 Å². The third-order valence-corrected chi connectivity index (χ3v) is 15.4. The van der Waals surface area contributed by atoms with Gasteiger partial charge in [0.2, 0.25) is 5.95 Å². The average molecular weight is 775 g/mol. The van der Waals surface area contributed by atoms with E-state index in [4.69, 9.17) is 29.3 Å². The first-order chi connectivity index (χ1) is 29.0. The topological polar surface area (TPSA) is 82.5 Å². The molecule has 0 N–H and O–H groups in total. The SMILES string of the molecule is C[Si]1(C)c2ccccc2-c2nc(-c3ccc4c(c3)c3ccccc3n4-c3nc(-c4ccccc4)nc(-c4ccccc4)n3)nc(-c3cccc4c3oc3ccccc34)c21. The van der Waals surface area contributed by atoms with Crippen molar-refractivity contribution < 1.29 is 4.42 Å². The van der Waals surface area contributed by atoms with Crippen LogP contribution in [-0.4, -0.2) is 37.6 Å². The van der Waals surface area contributed by atoms with Crippen LogP contribution in [0.2, 0.25) is 13.1 Å². The Hall–Kier alpha value is -7.55. The molecule has 7 nitrogen and oxygen atoms in total. The lowest BCUT2D eigenvalue weighted by Crippen LogP contribution is -2.50. The van der Waals surface area contributed by atoms with Crippen LogP contribution in [0, 0.1) is 0 Å². The Balaban J connectivity index is 1.10. The molecule has 4 aromatic heterocycles. The number of furan rings is 1.